The van der Waals surface area contributed by atoms with Gasteiger partial charge in [0.25, 0.3) is 0 Å². The average molecular weight is 511 g/mol. The molecular formula is C26H31F5N4O. The van der Waals surface area contributed by atoms with Gasteiger partial charge in [0.15, 0.2) is 0 Å². The van der Waals surface area contributed by atoms with Crippen LogP contribution < -0.4 is 15.4 Å². The number of aromatic nitrogens is 1. The lowest BCUT2D eigenvalue weighted by Gasteiger charge is -2.41. The van der Waals surface area contributed by atoms with Gasteiger partial charge in [-0.25, -0.2) is 4.39 Å². The number of methoxy groups -OCH3 is 1. The number of alkyl halides is 4. The molecule has 3 N–H and O–H groups in total. The highest BCUT2D eigenvalue weighted by Gasteiger charge is 2.43. The Balaban J connectivity index is 1.76. The summed E-state index contributed by atoms with van der Waals surface area (Å²) in [5, 5.41) is 7.03. The van der Waals surface area contributed by atoms with Gasteiger partial charge in [0, 0.05) is 47.4 Å². The molecule has 0 bridgehead atoms. The molecule has 0 amide bonds. The molecule has 0 saturated heterocycles. The topological polar surface area (TPSA) is 52.3 Å². The molecule has 2 atom stereocenters. The van der Waals surface area contributed by atoms with Crippen LogP contribution in [0.25, 0.3) is 10.9 Å². The zero-order valence-electron chi connectivity index (χ0n) is 20.3. The third-order valence-electron chi connectivity index (χ3n) is 6.60. The molecule has 1 aliphatic rings. The van der Waals surface area contributed by atoms with Gasteiger partial charge in [-0.3, -0.25) is 9.29 Å². The SMILES string of the molecule is COc1cc(F)c(NCCNCCCF)cc1C1c2[nH]c3ccccc3c2C[C@@H](C)N1CC(F)(F)F. The van der Waals surface area contributed by atoms with E-state index < -0.39 is 37.3 Å². The first kappa shape index (κ1) is 26.2. The number of nitrogens with zero attached hydrogens (tertiary/aromatic N) is 1. The lowest BCUT2D eigenvalue weighted by atomic mass is 9.88. The molecule has 1 aromatic heterocycles. The van der Waals surface area contributed by atoms with Gasteiger partial charge in [0.05, 0.1) is 32.1 Å². The fraction of sp³-hybridized carbons (Fsp3) is 0.462. The molecule has 0 aliphatic carbocycles. The zero-order valence-corrected chi connectivity index (χ0v) is 20.3. The molecule has 36 heavy (non-hydrogen) atoms. The Morgan fingerprint density at radius 2 is 1.92 bits per heavy atom. The lowest BCUT2D eigenvalue weighted by Crippen LogP contribution is -2.47. The summed E-state index contributed by atoms with van der Waals surface area (Å²) >= 11 is 0. The number of H-pyrrole nitrogens is 1. The van der Waals surface area contributed by atoms with Crippen molar-refractivity contribution in [1.82, 2.24) is 15.2 Å². The van der Waals surface area contributed by atoms with E-state index in [0.717, 1.165) is 16.5 Å². The number of anilines is 1. The van der Waals surface area contributed by atoms with Crippen LogP contribution in [-0.4, -0.2) is 62.1 Å². The number of rotatable bonds is 10. The van der Waals surface area contributed by atoms with Crippen LogP contribution in [0.5, 0.6) is 5.75 Å². The predicted molar refractivity (Wildman–Crippen MR) is 131 cm³/mol. The monoisotopic (exact) mass is 510 g/mol. The molecular weight excluding hydrogens is 479 g/mol. The number of para-hydroxylation sites is 1. The Bertz CT molecular complexity index is 1180. The molecule has 4 rings (SSSR count). The van der Waals surface area contributed by atoms with E-state index in [-0.39, 0.29) is 11.4 Å². The van der Waals surface area contributed by atoms with Gasteiger partial charge in [0.1, 0.15) is 11.6 Å². The van der Waals surface area contributed by atoms with Crippen LogP contribution in [-0.2, 0) is 6.42 Å². The summed E-state index contributed by atoms with van der Waals surface area (Å²) in [4.78, 5) is 4.74. The molecule has 2 aromatic carbocycles. The maximum absolute atomic E-state index is 14.9. The molecule has 10 heteroatoms. The molecule has 0 fully saturated rings. The highest BCUT2D eigenvalue weighted by molar-refractivity contribution is 5.85. The standard InChI is InChI=1S/C26H31F5N4O/c1-16-12-18-17-6-3-4-7-21(17)34-24(18)25(35(16)15-26(29,30)31)19-13-22(20(28)14-23(19)36-2)33-11-10-32-9-5-8-27/h3-4,6-7,13-14,16,25,32-34H,5,8-12,15H2,1-2H3/t16-,25?/m1/s1. The van der Waals surface area contributed by atoms with E-state index in [1.165, 1.54) is 24.1 Å². The van der Waals surface area contributed by atoms with Crippen LogP contribution in [0, 0.1) is 5.82 Å². The number of halogens is 5. The second kappa shape index (κ2) is 11.0. The minimum Gasteiger partial charge on any atom is -0.496 e. The van der Waals surface area contributed by atoms with E-state index in [0.29, 0.717) is 43.7 Å². The number of hydrogen-bond acceptors (Lipinski definition) is 4. The molecule has 0 spiro atoms. The minimum absolute atomic E-state index is 0.168. The summed E-state index contributed by atoms with van der Waals surface area (Å²) in [6.07, 6.45) is -3.58. The summed E-state index contributed by atoms with van der Waals surface area (Å²) < 4.78 is 73.8. The van der Waals surface area contributed by atoms with Crippen LogP contribution >= 0.6 is 0 Å². The second-order valence-electron chi connectivity index (χ2n) is 9.10. The van der Waals surface area contributed by atoms with Gasteiger partial charge in [-0.1, -0.05) is 18.2 Å². The first-order chi connectivity index (χ1) is 17.2. The minimum atomic E-state index is -4.42. The Hall–Kier alpha value is -2.85. The quantitative estimate of drug-likeness (QED) is 0.246. The maximum atomic E-state index is 14.9. The van der Waals surface area contributed by atoms with Gasteiger partial charge in [-0.05, 0) is 44.0 Å². The maximum Gasteiger partial charge on any atom is 0.401 e. The van der Waals surface area contributed by atoms with Crippen LogP contribution in [0.3, 0.4) is 0 Å². The number of aromatic amines is 1. The molecule has 0 saturated carbocycles. The lowest BCUT2D eigenvalue weighted by molar-refractivity contribution is -0.155. The first-order valence-electron chi connectivity index (χ1n) is 12.0. The Labute approximate surface area is 207 Å². The van der Waals surface area contributed by atoms with E-state index in [4.69, 9.17) is 4.74 Å². The number of ether oxygens (including phenoxy) is 1. The molecule has 0 radical (unpaired) electrons. The molecule has 2 heterocycles. The van der Waals surface area contributed by atoms with Crippen LogP contribution in [0.2, 0.25) is 0 Å². The summed E-state index contributed by atoms with van der Waals surface area (Å²) in [7, 11) is 1.38. The molecule has 1 aliphatic heterocycles. The summed E-state index contributed by atoms with van der Waals surface area (Å²) in [6, 6.07) is 9.13. The summed E-state index contributed by atoms with van der Waals surface area (Å²) in [5.74, 6) is -0.391. The van der Waals surface area contributed by atoms with Crippen molar-refractivity contribution in [3.63, 3.8) is 0 Å². The highest BCUT2D eigenvalue weighted by Crippen LogP contribution is 2.45. The van der Waals surface area contributed by atoms with Gasteiger partial charge in [-0.2, -0.15) is 13.2 Å². The molecule has 1 unspecified atom stereocenters. The third-order valence-corrected chi connectivity index (χ3v) is 6.60. The average Bonchev–Trinajstić information content (AvgIpc) is 3.19. The van der Waals surface area contributed by atoms with Crippen molar-refractivity contribution in [2.45, 2.75) is 38.0 Å². The van der Waals surface area contributed by atoms with Crippen molar-refractivity contribution < 1.29 is 26.7 Å². The summed E-state index contributed by atoms with van der Waals surface area (Å²) in [6.45, 7) is 1.59. The van der Waals surface area contributed by atoms with E-state index in [1.54, 1.807) is 6.92 Å². The first-order valence-corrected chi connectivity index (χ1v) is 12.0. The Morgan fingerprint density at radius 1 is 1.14 bits per heavy atom. The fourth-order valence-electron chi connectivity index (χ4n) is 5.00. The smallest absolute Gasteiger partial charge is 0.401 e. The van der Waals surface area contributed by atoms with Crippen LogP contribution in [0.15, 0.2) is 36.4 Å². The van der Waals surface area contributed by atoms with Crippen molar-refractivity contribution in [3.8, 4) is 5.75 Å². The Kier molecular flexibility index (Phi) is 8.04. The largest absolute Gasteiger partial charge is 0.496 e. The van der Waals surface area contributed by atoms with E-state index in [9.17, 15) is 22.0 Å². The van der Waals surface area contributed by atoms with Gasteiger partial charge < -0.3 is 20.4 Å². The fourth-order valence-corrected chi connectivity index (χ4v) is 5.00. The number of benzene rings is 2. The van der Waals surface area contributed by atoms with E-state index in [2.05, 4.69) is 15.6 Å². The van der Waals surface area contributed by atoms with Crippen molar-refractivity contribution in [2.24, 2.45) is 0 Å². The Morgan fingerprint density at radius 3 is 2.64 bits per heavy atom. The van der Waals surface area contributed by atoms with Gasteiger partial charge in [-0.15, -0.1) is 0 Å². The second-order valence-corrected chi connectivity index (χ2v) is 9.10. The van der Waals surface area contributed by atoms with E-state index >= 15 is 0 Å². The van der Waals surface area contributed by atoms with Crippen molar-refractivity contribution in [1.29, 1.82) is 0 Å². The van der Waals surface area contributed by atoms with Crippen molar-refractivity contribution >= 4 is 16.6 Å². The number of fused-ring (bicyclic) bond motifs is 3. The third kappa shape index (κ3) is 5.59. The molecule has 3 aromatic rings. The predicted octanol–water partition coefficient (Wildman–Crippen LogP) is 5.58. The van der Waals surface area contributed by atoms with Gasteiger partial charge >= 0.3 is 6.18 Å². The van der Waals surface area contributed by atoms with Crippen LogP contribution in [0.4, 0.5) is 27.6 Å². The van der Waals surface area contributed by atoms with Gasteiger partial charge in [0.2, 0.25) is 0 Å². The van der Waals surface area contributed by atoms with Crippen LogP contribution in [0.1, 0.15) is 36.2 Å². The van der Waals surface area contributed by atoms with Crippen molar-refractivity contribution in [2.75, 3.05) is 45.3 Å². The highest BCUT2D eigenvalue weighted by atomic mass is 19.4. The summed E-state index contributed by atoms with van der Waals surface area (Å²) in [5.41, 5.74) is 3.06. The molecule has 5 nitrogen and oxygen atoms in total. The number of nitrogens with one attached hydrogen (secondary N) is 3. The van der Waals surface area contributed by atoms with E-state index in [1.807, 2.05) is 24.3 Å². The normalized spacial score (nSPS) is 18.4. The van der Waals surface area contributed by atoms with Crippen molar-refractivity contribution in [3.05, 3.63) is 59.0 Å². The zero-order chi connectivity index (χ0) is 25.9. The molecule has 196 valence electrons. The number of hydrogen-bond donors (Lipinski definition) is 3.